The number of carbonyl (C=O) groups excluding carboxylic acids is 1. The zero-order valence-electron chi connectivity index (χ0n) is 15.0. The van der Waals surface area contributed by atoms with Crippen LogP contribution in [-0.2, 0) is 5.75 Å². The third-order valence-electron chi connectivity index (χ3n) is 4.79. The topological polar surface area (TPSA) is 45.5 Å². The van der Waals surface area contributed by atoms with Crippen molar-refractivity contribution >= 4 is 17.7 Å². The lowest BCUT2D eigenvalue weighted by molar-refractivity contribution is 0.0920. The molecule has 0 saturated carbocycles. The van der Waals surface area contributed by atoms with Crippen LogP contribution >= 0.6 is 11.8 Å². The van der Waals surface area contributed by atoms with Crippen LogP contribution in [0, 0.1) is 6.92 Å². The summed E-state index contributed by atoms with van der Waals surface area (Å²) in [5.41, 5.74) is 2.84. The maximum absolute atomic E-state index is 12.1. The van der Waals surface area contributed by atoms with Gasteiger partial charge in [0.25, 0.3) is 5.91 Å². The molecule has 2 aromatic rings. The van der Waals surface area contributed by atoms with Crippen LogP contribution in [0.2, 0.25) is 0 Å². The van der Waals surface area contributed by atoms with Crippen molar-refractivity contribution in [2.24, 2.45) is 0 Å². The molecule has 2 heterocycles. The van der Waals surface area contributed by atoms with Gasteiger partial charge in [-0.15, -0.1) is 0 Å². The minimum Gasteiger partial charge on any atom is -0.455 e. The number of thioether (sulfide) groups is 1. The first-order chi connectivity index (χ1) is 12.2. The van der Waals surface area contributed by atoms with Gasteiger partial charge >= 0.3 is 0 Å². The first-order valence-corrected chi connectivity index (χ1v) is 10.2. The average Bonchev–Trinajstić information content (AvgIpc) is 3.25. The lowest BCUT2D eigenvalue weighted by Gasteiger charge is -2.17. The summed E-state index contributed by atoms with van der Waals surface area (Å²) >= 11 is 1.68. The molecular weight excluding hydrogens is 332 g/mol. The molecule has 1 atom stereocenters. The summed E-state index contributed by atoms with van der Waals surface area (Å²) in [4.78, 5) is 14.6. The summed E-state index contributed by atoms with van der Waals surface area (Å²) in [5.74, 6) is 2.53. The number of furan rings is 1. The standard InChI is InChI=1S/C20H26N2O2S/c1-15-5-3-4-6-18(15)16-9-11-22(13-16)12-10-21-20(23)19-8-7-17(24-19)14-25-2/h3-8,16H,9-14H2,1-2H3,(H,21,23). The monoisotopic (exact) mass is 358 g/mol. The van der Waals surface area contributed by atoms with Gasteiger partial charge in [0.15, 0.2) is 5.76 Å². The third-order valence-corrected chi connectivity index (χ3v) is 5.36. The van der Waals surface area contributed by atoms with E-state index in [1.54, 1.807) is 17.8 Å². The fourth-order valence-corrected chi connectivity index (χ4v) is 3.91. The average molecular weight is 359 g/mol. The van der Waals surface area contributed by atoms with Gasteiger partial charge in [-0.3, -0.25) is 4.79 Å². The van der Waals surface area contributed by atoms with Crippen molar-refractivity contribution in [2.45, 2.75) is 25.0 Å². The molecule has 1 unspecified atom stereocenters. The molecule has 1 amide bonds. The third kappa shape index (κ3) is 4.67. The summed E-state index contributed by atoms with van der Waals surface area (Å²) in [6.07, 6.45) is 3.21. The quantitative estimate of drug-likeness (QED) is 0.820. The minimum absolute atomic E-state index is 0.123. The zero-order chi connectivity index (χ0) is 17.6. The van der Waals surface area contributed by atoms with E-state index in [4.69, 9.17) is 4.42 Å². The molecule has 1 N–H and O–H groups in total. The maximum atomic E-state index is 12.1. The first-order valence-electron chi connectivity index (χ1n) is 8.81. The Kier molecular flexibility index (Phi) is 6.21. The number of benzene rings is 1. The number of amides is 1. The molecule has 134 valence electrons. The van der Waals surface area contributed by atoms with Gasteiger partial charge in [-0.25, -0.2) is 0 Å². The van der Waals surface area contributed by atoms with Crippen LogP contribution < -0.4 is 5.32 Å². The van der Waals surface area contributed by atoms with Crippen molar-refractivity contribution in [3.63, 3.8) is 0 Å². The predicted molar refractivity (Wildman–Crippen MR) is 103 cm³/mol. The van der Waals surface area contributed by atoms with E-state index in [-0.39, 0.29) is 5.91 Å². The number of rotatable bonds is 7. The molecule has 1 aliphatic heterocycles. The van der Waals surface area contributed by atoms with Crippen LogP contribution in [0.3, 0.4) is 0 Å². The molecule has 25 heavy (non-hydrogen) atoms. The van der Waals surface area contributed by atoms with Crippen LogP contribution in [0.15, 0.2) is 40.8 Å². The first kappa shape index (κ1) is 18.1. The van der Waals surface area contributed by atoms with E-state index >= 15 is 0 Å². The highest BCUT2D eigenvalue weighted by atomic mass is 32.2. The number of aryl methyl sites for hydroxylation is 1. The van der Waals surface area contributed by atoms with Gasteiger partial charge in [0.2, 0.25) is 0 Å². The van der Waals surface area contributed by atoms with Gasteiger partial charge in [0.1, 0.15) is 5.76 Å². The fourth-order valence-electron chi connectivity index (χ4n) is 3.47. The molecule has 0 aliphatic carbocycles. The molecule has 4 nitrogen and oxygen atoms in total. The molecule has 1 aromatic carbocycles. The Hall–Kier alpha value is -1.72. The summed E-state index contributed by atoms with van der Waals surface area (Å²) in [6, 6.07) is 12.3. The molecule has 1 aliphatic rings. The molecule has 1 saturated heterocycles. The number of hydrogen-bond donors (Lipinski definition) is 1. The van der Waals surface area contributed by atoms with Crippen molar-refractivity contribution in [3.05, 3.63) is 59.0 Å². The molecule has 3 rings (SSSR count). The van der Waals surface area contributed by atoms with Crippen LogP contribution in [0.4, 0.5) is 0 Å². The Morgan fingerprint density at radius 1 is 1.32 bits per heavy atom. The minimum atomic E-state index is -0.123. The Balaban J connectivity index is 1.43. The van der Waals surface area contributed by atoms with Gasteiger partial charge in [0, 0.05) is 19.6 Å². The number of hydrogen-bond acceptors (Lipinski definition) is 4. The lowest BCUT2D eigenvalue weighted by Crippen LogP contribution is -2.33. The van der Waals surface area contributed by atoms with Crippen molar-refractivity contribution in [1.82, 2.24) is 10.2 Å². The predicted octanol–water partition coefficient (Wildman–Crippen LogP) is 3.67. The number of nitrogens with one attached hydrogen (secondary N) is 1. The molecular formula is C20H26N2O2S. The van der Waals surface area contributed by atoms with E-state index in [0.717, 1.165) is 31.1 Å². The molecule has 1 aromatic heterocycles. The molecule has 1 fully saturated rings. The van der Waals surface area contributed by atoms with Crippen LogP contribution in [0.5, 0.6) is 0 Å². The van der Waals surface area contributed by atoms with Gasteiger partial charge in [-0.1, -0.05) is 24.3 Å². The van der Waals surface area contributed by atoms with Gasteiger partial charge in [0.05, 0.1) is 5.75 Å². The van der Waals surface area contributed by atoms with E-state index < -0.39 is 0 Å². The maximum Gasteiger partial charge on any atom is 0.287 e. The van der Waals surface area contributed by atoms with E-state index in [2.05, 4.69) is 41.4 Å². The fraction of sp³-hybridized carbons (Fsp3) is 0.450. The summed E-state index contributed by atoms with van der Waals surface area (Å²) < 4.78 is 5.55. The van der Waals surface area contributed by atoms with Crippen molar-refractivity contribution < 1.29 is 9.21 Å². The normalized spacial score (nSPS) is 17.8. The zero-order valence-corrected chi connectivity index (χ0v) is 15.8. The van der Waals surface area contributed by atoms with Crippen molar-refractivity contribution in [1.29, 1.82) is 0 Å². The number of carbonyl (C=O) groups is 1. The van der Waals surface area contributed by atoms with E-state index in [9.17, 15) is 4.79 Å². The second kappa shape index (κ2) is 8.59. The SMILES string of the molecule is CSCc1ccc(C(=O)NCCN2CCC(c3ccccc3C)C2)o1. The van der Waals surface area contributed by atoms with Crippen LogP contribution in [-0.4, -0.2) is 43.2 Å². The summed E-state index contributed by atoms with van der Waals surface area (Å²) in [7, 11) is 0. The van der Waals surface area contributed by atoms with Crippen LogP contribution in [0.25, 0.3) is 0 Å². The summed E-state index contributed by atoms with van der Waals surface area (Å²) in [5, 5.41) is 2.97. The van der Waals surface area contributed by atoms with Gasteiger partial charge < -0.3 is 14.6 Å². The number of nitrogens with zero attached hydrogens (tertiary/aromatic N) is 1. The van der Waals surface area contributed by atoms with Gasteiger partial charge in [-0.05, 0) is 55.3 Å². The molecule has 0 bridgehead atoms. The van der Waals surface area contributed by atoms with Gasteiger partial charge in [-0.2, -0.15) is 11.8 Å². The Bertz CT molecular complexity index is 713. The second-order valence-corrected chi connectivity index (χ2v) is 7.46. The van der Waals surface area contributed by atoms with E-state index in [1.165, 1.54) is 17.5 Å². The molecule has 0 radical (unpaired) electrons. The Morgan fingerprint density at radius 2 is 2.16 bits per heavy atom. The highest BCUT2D eigenvalue weighted by Gasteiger charge is 2.24. The molecule has 0 spiro atoms. The Labute approximate surface area is 154 Å². The van der Waals surface area contributed by atoms with Crippen molar-refractivity contribution in [3.8, 4) is 0 Å². The largest absolute Gasteiger partial charge is 0.455 e. The van der Waals surface area contributed by atoms with Crippen molar-refractivity contribution in [2.75, 3.05) is 32.4 Å². The smallest absolute Gasteiger partial charge is 0.287 e. The highest BCUT2D eigenvalue weighted by Crippen LogP contribution is 2.28. The Morgan fingerprint density at radius 3 is 2.96 bits per heavy atom. The second-order valence-electron chi connectivity index (χ2n) is 6.60. The summed E-state index contributed by atoms with van der Waals surface area (Å²) in [6.45, 7) is 5.88. The molecule has 5 heteroatoms. The van der Waals surface area contributed by atoms with Crippen LogP contribution in [0.1, 0.15) is 39.8 Å². The van der Waals surface area contributed by atoms with E-state index in [0.29, 0.717) is 18.2 Å². The van der Waals surface area contributed by atoms with E-state index in [1.807, 2.05) is 12.3 Å². The lowest BCUT2D eigenvalue weighted by atomic mass is 9.94. The highest BCUT2D eigenvalue weighted by molar-refractivity contribution is 7.97. The number of likely N-dealkylation sites (tertiary alicyclic amines) is 1.